The summed E-state index contributed by atoms with van der Waals surface area (Å²) in [6, 6.07) is 21.5. The summed E-state index contributed by atoms with van der Waals surface area (Å²) < 4.78 is 23.0. The number of fused-ring (bicyclic) bond motifs is 2. The van der Waals surface area contributed by atoms with Crippen molar-refractivity contribution in [3.8, 4) is 23.1 Å². The Bertz CT molecular complexity index is 1650. The Kier molecular flexibility index (Phi) is 6.67. The molecule has 0 bridgehead atoms. The molecular formula is C28H23N3O6. The number of carbonyl (C=O) groups is 1. The summed E-state index contributed by atoms with van der Waals surface area (Å²) in [4.78, 5) is 29.7. The molecule has 3 aromatic carbocycles. The van der Waals surface area contributed by atoms with E-state index < -0.39 is 5.97 Å². The molecule has 0 spiro atoms. The summed E-state index contributed by atoms with van der Waals surface area (Å²) in [6.07, 6.45) is 1.52. The van der Waals surface area contributed by atoms with Crippen LogP contribution in [0.5, 0.6) is 11.5 Å². The zero-order chi connectivity index (χ0) is 25.8. The number of rotatable bonds is 8. The van der Waals surface area contributed by atoms with Crippen molar-refractivity contribution in [1.29, 1.82) is 0 Å². The van der Waals surface area contributed by atoms with Gasteiger partial charge in [-0.2, -0.15) is 9.78 Å². The number of furan rings is 1. The predicted octanol–water partition coefficient (Wildman–Crippen LogP) is 4.64. The van der Waals surface area contributed by atoms with Crippen LogP contribution in [-0.4, -0.2) is 42.2 Å². The maximum absolute atomic E-state index is 13.4. The topological polar surface area (TPSA) is 105 Å². The summed E-state index contributed by atoms with van der Waals surface area (Å²) in [5.41, 5.74) is 1.52. The predicted molar refractivity (Wildman–Crippen MR) is 139 cm³/mol. The normalized spacial score (nSPS) is 11.3. The van der Waals surface area contributed by atoms with E-state index >= 15 is 0 Å². The average molecular weight is 498 g/mol. The molecule has 0 saturated heterocycles. The molecule has 186 valence electrons. The summed E-state index contributed by atoms with van der Waals surface area (Å²) in [5.74, 6) is 0.991. The Morgan fingerprint density at radius 1 is 1.05 bits per heavy atom. The van der Waals surface area contributed by atoms with Crippen molar-refractivity contribution in [2.75, 3.05) is 20.3 Å². The number of ether oxygens (including phenoxy) is 3. The second-order valence-corrected chi connectivity index (χ2v) is 7.97. The largest absolute Gasteiger partial charge is 0.493 e. The van der Waals surface area contributed by atoms with E-state index in [0.29, 0.717) is 39.3 Å². The van der Waals surface area contributed by atoms with Gasteiger partial charge in [0.05, 0.1) is 30.8 Å². The minimum atomic E-state index is -0.475. The van der Waals surface area contributed by atoms with E-state index in [1.165, 1.54) is 18.0 Å². The van der Waals surface area contributed by atoms with Gasteiger partial charge < -0.3 is 18.6 Å². The third kappa shape index (κ3) is 4.92. The third-order valence-electron chi connectivity index (χ3n) is 5.56. The van der Waals surface area contributed by atoms with Gasteiger partial charge in [0.2, 0.25) is 5.82 Å². The van der Waals surface area contributed by atoms with Gasteiger partial charge >= 0.3 is 5.97 Å². The van der Waals surface area contributed by atoms with Gasteiger partial charge in [-0.1, -0.05) is 30.3 Å². The molecule has 5 rings (SSSR count). The van der Waals surface area contributed by atoms with E-state index in [1.54, 1.807) is 43.3 Å². The Labute approximate surface area is 211 Å². The summed E-state index contributed by atoms with van der Waals surface area (Å²) in [5, 5.41) is 5.78. The fourth-order valence-corrected chi connectivity index (χ4v) is 3.83. The van der Waals surface area contributed by atoms with Crippen molar-refractivity contribution in [2.24, 2.45) is 5.10 Å². The Morgan fingerprint density at radius 2 is 1.86 bits per heavy atom. The van der Waals surface area contributed by atoms with Gasteiger partial charge in [-0.05, 0) is 55.0 Å². The number of methoxy groups -OCH3 is 1. The lowest BCUT2D eigenvalue weighted by atomic mass is 10.2. The molecule has 0 radical (unpaired) electrons. The SMILES string of the molecule is CCOC(=O)COc1ccc(C=Nn2c(-c3cc4ccccc4o3)nc3ccccc3c2=O)cc1OC. The first-order valence-corrected chi connectivity index (χ1v) is 11.6. The van der Waals surface area contributed by atoms with Crippen molar-refractivity contribution in [3.63, 3.8) is 0 Å². The fourth-order valence-electron chi connectivity index (χ4n) is 3.83. The summed E-state index contributed by atoms with van der Waals surface area (Å²) in [6.45, 7) is 1.76. The molecule has 0 aliphatic carbocycles. The highest BCUT2D eigenvalue weighted by Gasteiger charge is 2.16. The number of benzene rings is 3. The van der Waals surface area contributed by atoms with Crippen molar-refractivity contribution in [3.05, 3.63) is 88.7 Å². The third-order valence-corrected chi connectivity index (χ3v) is 5.56. The van der Waals surface area contributed by atoms with Crippen LogP contribution < -0.4 is 15.0 Å². The Balaban J connectivity index is 1.54. The summed E-state index contributed by atoms with van der Waals surface area (Å²) in [7, 11) is 1.49. The van der Waals surface area contributed by atoms with Crippen LogP contribution in [0.4, 0.5) is 0 Å². The van der Waals surface area contributed by atoms with Crippen molar-refractivity contribution < 1.29 is 23.4 Å². The smallest absolute Gasteiger partial charge is 0.344 e. The molecule has 5 aromatic rings. The van der Waals surface area contributed by atoms with Crippen LogP contribution >= 0.6 is 0 Å². The van der Waals surface area contributed by atoms with Gasteiger partial charge in [-0.15, -0.1) is 0 Å². The van der Waals surface area contributed by atoms with Crippen LogP contribution in [0.15, 0.2) is 87.1 Å². The molecule has 37 heavy (non-hydrogen) atoms. The minimum absolute atomic E-state index is 0.239. The zero-order valence-corrected chi connectivity index (χ0v) is 20.2. The maximum Gasteiger partial charge on any atom is 0.344 e. The van der Waals surface area contributed by atoms with E-state index in [9.17, 15) is 9.59 Å². The lowest BCUT2D eigenvalue weighted by molar-refractivity contribution is -0.145. The highest BCUT2D eigenvalue weighted by Crippen LogP contribution is 2.29. The highest BCUT2D eigenvalue weighted by molar-refractivity contribution is 5.85. The van der Waals surface area contributed by atoms with Crippen LogP contribution in [0.1, 0.15) is 12.5 Å². The summed E-state index contributed by atoms with van der Waals surface area (Å²) >= 11 is 0. The molecular weight excluding hydrogens is 474 g/mol. The van der Waals surface area contributed by atoms with Gasteiger partial charge in [-0.3, -0.25) is 4.79 Å². The van der Waals surface area contributed by atoms with Crippen LogP contribution in [0.25, 0.3) is 33.5 Å². The van der Waals surface area contributed by atoms with E-state index in [1.807, 2.05) is 36.4 Å². The van der Waals surface area contributed by atoms with Gasteiger partial charge in [0.15, 0.2) is 23.9 Å². The molecule has 2 heterocycles. The van der Waals surface area contributed by atoms with Crippen LogP contribution in [0.2, 0.25) is 0 Å². The molecule has 0 unspecified atom stereocenters. The molecule has 0 amide bonds. The van der Waals surface area contributed by atoms with Gasteiger partial charge in [0.1, 0.15) is 5.58 Å². The molecule has 9 heteroatoms. The standard InChI is InChI=1S/C28H23N3O6/c1-3-35-26(32)17-36-23-13-12-18(14-24(23)34-2)16-29-31-27(25-15-19-8-4-7-11-22(19)37-25)30-21-10-6-5-9-20(21)28(31)33/h4-16H,3,17H2,1-2H3. The first kappa shape index (κ1) is 23.8. The molecule has 0 aliphatic heterocycles. The highest BCUT2D eigenvalue weighted by atomic mass is 16.6. The minimum Gasteiger partial charge on any atom is -0.493 e. The zero-order valence-electron chi connectivity index (χ0n) is 20.2. The number of para-hydroxylation sites is 2. The van der Waals surface area contributed by atoms with E-state index in [0.717, 1.165) is 5.39 Å². The van der Waals surface area contributed by atoms with Gasteiger partial charge in [0.25, 0.3) is 5.56 Å². The first-order valence-electron chi connectivity index (χ1n) is 11.6. The molecule has 0 saturated carbocycles. The van der Waals surface area contributed by atoms with E-state index in [4.69, 9.17) is 18.6 Å². The second kappa shape index (κ2) is 10.4. The molecule has 0 fully saturated rings. The molecule has 0 atom stereocenters. The van der Waals surface area contributed by atoms with Crippen molar-refractivity contribution >= 4 is 34.1 Å². The van der Waals surface area contributed by atoms with Gasteiger partial charge in [-0.25, -0.2) is 9.78 Å². The number of hydrogen-bond donors (Lipinski definition) is 0. The molecule has 2 aromatic heterocycles. The number of hydrogen-bond acceptors (Lipinski definition) is 8. The number of carbonyl (C=O) groups excluding carboxylic acids is 1. The van der Waals surface area contributed by atoms with Crippen molar-refractivity contribution in [2.45, 2.75) is 6.92 Å². The average Bonchev–Trinajstić information content (AvgIpc) is 3.36. The maximum atomic E-state index is 13.4. The number of esters is 1. The lowest BCUT2D eigenvalue weighted by Gasteiger charge is -2.11. The monoisotopic (exact) mass is 497 g/mol. The Hall–Kier alpha value is -4.92. The first-order chi connectivity index (χ1) is 18.1. The molecule has 9 nitrogen and oxygen atoms in total. The lowest BCUT2D eigenvalue weighted by Crippen LogP contribution is -2.20. The Morgan fingerprint density at radius 3 is 2.68 bits per heavy atom. The quantitative estimate of drug-likeness (QED) is 0.227. The van der Waals surface area contributed by atoms with Crippen LogP contribution in [-0.2, 0) is 9.53 Å². The van der Waals surface area contributed by atoms with Crippen LogP contribution in [0.3, 0.4) is 0 Å². The van der Waals surface area contributed by atoms with Crippen LogP contribution in [0, 0.1) is 0 Å². The van der Waals surface area contributed by atoms with E-state index in [-0.39, 0.29) is 24.6 Å². The molecule has 0 aliphatic rings. The van der Waals surface area contributed by atoms with E-state index in [2.05, 4.69) is 10.1 Å². The van der Waals surface area contributed by atoms with Crippen molar-refractivity contribution in [1.82, 2.24) is 9.66 Å². The van der Waals surface area contributed by atoms with Gasteiger partial charge in [0, 0.05) is 5.39 Å². The molecule has 0 N–H and O–H groups in total. The second-order valence-electron chi connectivity index (χ2n) is 7.97. The number of aromatic nitrogens is 2. The fraction of sp³-hybridized carbons (Fsp3) is 0.143. The number of nitrogens with zero attached hydrogens (tertiary/aromatic N) is 3.